The SMILES string of the molecule is O=[N+]([O-])c1cccc([N+](=O)[O-])c1O.[NaH]. The standard InChI is InChI=1S/C6H4N2O5.Na.H/c9-6-4(7(10)11)2-1-3-5(6)8(12)13;;/h1-3,9H;;. The molecule has 1 aromatic rings. The van der Waals surface area contributed by atoms with Crippen LogP contribution in [0, 0.1) is 20.2 Å². The van der Waals surface area contributed by atoms with Gasteiger partial charge in [-0.15, -0.1) is 0 Å². The van der Waals surface area contributed by atoms with Gasteiger partial charge in [0.25, 0.3) is 5.75 Å². The van der Waals surface area contributed by atoms with Crippen molar-refractivity contribution in [2.24, 2.45) is 0 Å². The van der Waals surface area contributed by atoms with Gasteiger partial charge in [0.2, 0.25) is 0 Å². The van der Waals surface area contributed by atoms with Crippen molar-refractivity contribution >= 4 is 40.9 Å². The van der Waals surface area contributed by atoms with Crippen LogP contribution in [0.15, 0.2) is 18.2 Å². The Morgan fingerprint density at radius 2 is 1.43 bits per heavy atom. The van der Waals surface area contributed by atoms with Crippen molar-refractivity contribution in [3.63, 3.8) is 0 Å². The Morgan fingerprint density at radius 1 is 1.07 bits per heavy atom. The number of para-hydroxylation sites is 1. The van der Waals surface area contributed by atoms with E-state index >= 15 is 0 Å². The van der Waals surface area contributed by atoms with E-state index in [4.69, 9.17) is 5.11 Å². The fourth-order valence-electron chi connectivity index (χ4n) is 0.814. The van der Waals surface area contributed by atoms with Gasteiger partial charge in [0.15, 0.2) is 0 Å². The molecule has 0 saturated heterocycles. The molecule has 1 rings (SSSR count). The Bertz CT molecular complexity index is 348. The molecule has 70 valence electrons. The van der Waals surface area contributed by atoms with Crippen LogP contribution in [0.1, 0.15) is 0 Å². The van der Waals surface area contributed by atoms with Crippen LogP contribution in [0.25, 0.3) is 0 Å². The van der Waals surface area contributed by atoms with Gasteiger partial charge in [-0.2, -0.15) is 0 Å². The van der Waals surface area contributed by atoms with E-state index in [9.17, 15) is 20.2 Å². The second-order valence-electron chi connectivity index (χ2n) is 2.16. The first kappa shape index (κ1) is 12.8. The van der Waals surface area contributed by atoms with E-state index in [1.54, 1.807) is 0 Å². The number of hydrogen-bond acceptors (Lipinski definition) is 5. The van der Waals surface area contributed by atoms with E-state index in [1.165, 1.54) is 0 Å². The minimum absolute atomic E-state index is 0. The Labute approximate surface area is 99.9 Å². The summed E-state index contributed by atoms with van der Waals surface area (Å²) in [5.74, 6) is -0.919. The number of nitrogens with zero attached hydrogens (tertiary/aromatic N) is 2. The van der Waals surface area contributed by atoms with Crippen LogP contribution < -0.4 is 0 Å². The Morgan fingerprint density at radius 3 is 1.71 bits per heavy atom. The molecule has 0 fully saturated rings. The van der Waals surface area contributed by atoms with Crippen LogP contribution in [-0.4, -0.2) is 44.5 Å². The number of phenols is 1. The van der Waals surface area contributed by atoms with Crippen LogP contribution in [0.2, 0.25) is 0 Å². The first-order valence-corrected chi connectivity index (χ1v) is 3.15. The van der Waals surface area contributed by atoms with Gasteiger partial charge >= 0.3 is 40.9 Å². The molecular formula is C6H5N2NaO5. The summed E-state index contributed by atoms with van der Waals surface area (Å²) in [5, 5.41) is 29.5. The van der Waals surface area contributed by atoms with Gasteiger partial charge in [-0.3, -0.25) is 20.2 Å². The van der Waals surface area contributed by atoms with E-state index in [0.717, 1.165) is 18.2 Å². The Kier molecular flexibility index (Phi) is 4.48. The number of aromatic hydroxyl groups is 1. The molecule has 0 bridgehead atoms. The first-order chi connectivity index (χ1) is 6.04. The van der Waals surface area contributed by atoms with Crippen LogP contribution in [0.5, 0.6) is 5.75 Å². The molecule has 0 amide bonds. The number of nitro groups is 2. The fourth-order valence-corrected chi connectivity index (χ4v) is 0.814. The predicted octanol–water partition coefficient (Wildman–Crippen LogP) is 0.560. The summed E-state index contributed by atoms with van der Waals surface area (Å²) in [6, 6.07) is 3.11. The average Bonchev–Trinajstić information content (AvgIpc) is 2.03. The average molecular weight is 208 g/mol. The molecule has 14 heavy (non-hydrogen) atoms. The number of phenolic OH excluding ortho intramolecular Hbond substituents is 1. The third-order valence-corrected chi connectivity index (χ3v) is 1.39. The first-order valence-electron chi connectivity index (χ1n) is 3.15. The van der Waals surface area contributed by atoms with Crippen molar-refractivity contribution in [3.8, 4) is 5.75 Å². The second-order valence-corrected chi connectivity index (χ2v) is 2.16. The fraction of sp³-hybridized carbons (Fsp3) is 0. The van der Waals surface area contributed by atoms with E-state index in [1.807, 2.05) is 0 Å². The van der Waals surface area contributed by atoms with Crippen LogP contribution in [0.4, 0.5) is 11.4 Å². The van der Waals surface area contributed by atoms with Gasteiger partial charge in [-0.05, 0) is 6.07 Å². The molecule has 7 nitrogen and oxygen atoms in total. The molecular weight excluding hydrogens is 203 g/mol. The summed E-state index contributed by atoms with van der Waals surface area (Å²) in [5.41, 5.74) is -1.34. The predicted molar refractivity (Wildman–Crippen MR) is 48.6 cm³/mol. The maximum atomic E-state index is 10.2. The molecule has 0 radical (unpaired) electrons. The van der Waals surface area contributed by atoms with Crippen molar-refractivity contribution in [1.29, 1.82) is 0 Å². The molecule has 0 saturated carbocycles. The van der Waals surface area contributed by atoms with Gasteiger partial charge in [0.1, 0.15) is 0 Å². The number of nitro benzene ring substituents is 2. The summed E-state index contributed by atoms with van der Waals surface area (Å²) in [6.07, 6.45) is 0. The Balaban J connectivity index is 0.00000169. The van der Waals surface area contributed by atoms with E-state index in [2.05, 4.69) is 0 Å². The zero-order chi connectivity index (χ0) is 10.0. The third kappa shape index (κ3) is 2.41. The summed E-state index contributed by atoms with van der Waals surface area (Å²) in [6.45, 7) is 0. The van der Waals surface area contributed by atoms with Crippen molar-refractivity contribution in [3.05, 3.63) is 38.4 Å². The number of hydrogen-bond donors (Lipinski definition) is 1. The van der Waals surface area contributed by atoms with Crippen molar-refractivity contribution in [2.75, 3.05) is 0 Å². The molecule has 0 aromatic heterocycles. The zero-order valence-corrected chi connectivity index (χ0v) is 6.21. The molecule has 0 aliphatic rings. The summed E-state index contributed by atoms with van der Waals surface area (Å²) in [7, 11) is 0. The van der Waals surface area contributed by atoms with E-state index < -0.39 is 27.0 Å². The molecule has 0 unspecified atom stereocenters. The summed E-state index contributed by atoms with van der Waals surface area (Å²) < 4.78 is 0. The van der Waals surface area contributed by atoms with Gasteiger partial charge < -0.3 is 5.11 Å². The Hall–Kier alpha value is -1.18. The maximum absolute atomic E-state index is 10.2. The topological polar surface area (TPSA) is 107 Å². The van der Waals surface area contributed by atoms with Crippen molar-refractivity contribution < 1.29 is 15.0 Å². The summed E-state index contributed by atoms with van der Waals surface area (Å²) in [4.78, 5) is 18.7. The molecule has 1 N–H and O–H groups in total. The molecule has 0 heterocycles. The van der Waals surface area contributed by atoms with Gasteiger partial charge in [-0.1, -0.05) is 0 Å². The zero-order valence-electron chi connectivity index (χ0n) is 6.21. The summed E-state index contributed by atoms with van der Waals surface area (Å²) >= 11 is 0. The second kappa shape index (κ2) is 4.89. The van der Waals surface area contributed by atoms with Crippen molar-refractivity contribution in [1.82, 2.24) is 0 Å². The molecule has 8 heteroatoms. The molecule has 0 spiro atoms. The molecule has 0 atom stereocenters. The molecule has 0 aliphatic carbocycles. The quantitative estimate of drug-likeness (QED) is 0.434. The molecule has 1 aromatic carbocycles. The number of rotatable bonds is 2. The van der Waals surface area contributed by atoms with Gasteiger partial charge in [0.05, 0.1) is 9.85 Å². The number of benzene rings is 1. The van der Waals surface area contributed by atoms with Gasteiger partial charge in [-0.25, -0.2) is 0 Å². The molecule has 0 aliphatic heterocycles. The normalized spacial score (nSPS) is 8.86. The minimum atomic E-state index is -0.919. The van der Waals surface area contributed by atoms with Gasteiger partial charge in [0, 0.05) is 12.1 Å². The monoisotopic (exact) mass is 208 g/mol. The van der Waals surface area contributed by atoms with E-state index in [0.29, 0.717) is 0 Å². The van der Waals surface area contributed by atoms with E-state index in [-0.39, 0.29) is 29.6 Å². The van der Waals surface area contributed by atoms with Crippen LogP contribution >= 0.6 is 0 Å². The third-order valence-electron chi connectivity index (χ3n) is 1.39. The van der Waals surface area contributed by atoms with Crippen molar-refractivity contribution in [2.45, 2.75) is 0 Å². The van der Waals surface area contributed by atoms with Crippen LogP contribution in [-0.2, 0) is 0 Å². The van der Waals surface area contributed by atoms with Crippen LogP contribution in [0.3, 0.4) is 0 Å².